The zero-order chi connectivity index (χ0) is 21.8. The zero-order valence-corrected chi connectivity index (χ0v) is 20.0. The molecule has 2 fully saturated rings. The molecule has 2 amide bonds. The second-order valence-electron chi connectivity index (χ2n) is 9.53. The first-order valence-corrected chi connectivity index (χ1v) is 12.2. The van der Waals surface area contributed by atoms with Gasteiger partial charge < -0.3 is 10.2 Å². The minimum atomic E-state index is 0.153. The number of carbonyl (C=O) groups is 1. The van der Waals surface area contributed by atoms with E-state index in [0.717, 1.165) is 64.8 Å². The first-order valence-electron chi connectivity index (χ1n) is 12.2. The largest absolute Gasteiger partial charge is 0.335 e. The monoisotopic (exact) mass is 415 g/mol. The van der Waals surface area contributed by atoms with Crippen molar-refractivity contribution in [1.29, 1.82) is 0 Å². The molecule has 0 radical (unpaired) electrons. The molecule has 0 atom stereocenters. The van der Waals surface area contributed by atoms with Crippen LogP contribution in [0.3, 0.4) is 0 Å². The van der Waals surface area contributed by atoms with Crippen LogP contribution in [0.4, 0.5) is 4.79 Å². The first kappa shape index (κ1) is 24.7. The molecule has 0 aromatic carbocycles. The van der Waals surface area contributed by atoms with Gasteiger partial charge in [0.25, 0.3) is 0 Å². The second-order valence-corrected chi connectivity index (χ2v) is 9.53. The fourth-order valence-electron chi connectivity index (χ4n) is 4.27. The van der Waals surface area contributed by atoms with Gasteiger partial charge in [-0.15, -0.1) is 0 Å². The van der Waals surface area contributed by atoms with Crippen molar-refractivity contribution in [2.45, 2.75) is 91.5 Å². The molecular formula is C26H45N3O. The van der Waals surface area contributed by atoms with Gasteiger partial charge in [0, 0.05) is 38.8 Å². The number of carbonyl (C=O) groups excluding carboxylic acids is 1. The summed E-state index contributed by atoms with van der Waals surface area (Å²) in [6.07, 6.45) is 17.9. The van der Waals surface area contributed by atoms with Crippen molar-refractivity contribution in [2.75, 3.05) is 32.7 Å². The molecule has 0 unspecified atom stereocenters. The van der Waals surface area contributed by atoms with Gasteiger partial charge in [0.05, 0.1) is 0 Å². The number of piperazine rings is 1. The molecule has 0 bridgehead atoms. The molecular weight excluding hydrogens is 370 g/mol. The lowest BCUT2D eigenvalue weighted by Gasteiger charge is -2.35. The van der Waals surface area contributed by atoms with Crippen molar-refractivity contribution in [3.05, 3.63) is 34.9 Å². The summed E-state index contributed by atoms with van der Waals surface area (Å²) in [6, 6.07) is 0.555. The van der Waals surface area contributed by atoms with Crippen molar-refractivity contribution in [3.63, 3.8) is 0 Å². The average Bonchev–Trinajstić information content (AvgIpc) is 2.73. The lowest BCUT2D eigenvalue weighted by Crippen LogP contribution is -2.53. The van der Waals surface area contributed by atoms with Crippen LogP contribution in [0, 0.1) is 0 Å². The summed E-state index contributed by atoms with van der Waals surface area (Å²) >= 11 is 0. The summed E-state index contributed by atoms with van der Waals surface area (Å²) in [5.41, 5.74) is 4.39. The van der Waals surface area contributed by atoms with Crippen molar-refractivity contribution < 1.29 is 4.79 Å². The molecule has 0 aromatic heterocycles. The number of hydrogen-bond acceptors (Lipinski definition) is 2. The van der Waals surface area contributed by atoms with Gasteiger partial charge in [0.2, 0.25) is 0 Å². The van der Waals surface area contributed by atoms with Gasteiger partial charge in [0.1, 0.15) is 0 Å². The minimum absolute atomic E-state index is 0.153. The molecule has 4 nitrogen and oxygen atoms in total. The predicted octanol–water partition coefficient (Wildman–Crippen LogP) is 6.07. The summed E-state index contributed by atoms with van der Waals surface area (Å²) in [5, 5.41) is 3.25. The van der Waals surface area contributed by atoms with Gasteiger partial charge in [0.15, 0.2) is 0 Å². The Kier molecular flexibility index (Phi) is 11.3. The maximum atomic E-state index is 12.5. The van der Waals surface area contributed by atoms with Crippen LogP contribution in [0.1, 0.15) is 85.5 Å². The number of hydrogen-bond donors (Lipinski definition) is 1. The number of nitrogens with one attached hydrogen (secondary N) is 1. The molecule has 1 aliphatic carbocycles. The molecule has 0 spiro atoms. The number of urea groups is 1. The standard InChI is InChI=1S/C26H45N3O/c1-22(2)10-8-11-23(3)12-9-13-24(4)16-17-28-18-20-29(21-19-28)26(30)27-25-14-6-5-7-15-25/h10,12,16,25H,5-9,11,13-15,17-21H2,1-4H3,(H,27,30). The fourth-order valence-corrected chi connectivity index (χ4v) is 4.27. The van der Waals surface area contributed by atoms with Crippen LogP contribution in [0.15, 0.2) is 34.9 Å². The van der Waals surface area contributed by atoms with Crippen molar-refractivity contribution in [2.24, 2.45) is 0 Å². The van der Waals surface area contributed by atoms with Crippen LogP contribution < -0.4 is 5.32 Å². The molecule has 30 heavy (non-hydrogen) atoms. The SMILES string of the molecule is CC(C)=CCCC(C)=CCCC(C)=CCN1CCN(C(=O)NC2CCCCC2)CC1. The van der Waals surface area contributed by atoms with Crippen LogP contribution in [-0.4, -0.2) is 54.6 Å². The van der Waals surface area contributed by atoms with E-state index >= 15 is 0 Å². The minimum Gasteiger partial charge on any atom is -0.335 e. The topological polar surface area (TPSA) is 35.6 Å². The number of amides is 2. The van der Waals surface area contributed by atoms with Crippen LogP contribution in [0.2, 0.25) is 0 Å². The number of nitrogens with zero attached hydrogens (tertiary/aromatic N) is 2. The van der Waals surface area contributed by atoms with Crippen molar-refractivity contribution >= 4 is 6.03 Å². The molecule has 0 aromatic rings. The number of rotatable bonds is 9. The highest BCUT2D eigenvalue weighted by atomic mass is 16.2. The molecule has 1 saturated heterocycles. The van der Waals surface area contributed by atoms with E-state index in [4.69, 9.17) is 0 Å². The van der Waals surface area contributed by atoms with Crippen molar-refractivity contribution in [1.82, 2.24) is 15.1 Å². The van der Waals surface area contributed by atoms with Gasteiger partial charge in [-0.2, -0.15) is 0 Å². The molecule has 1 heterocycles. The van der Waals surface area contributed by atoms with Crippen LogP contribution in [0.5, 0.6) is 0 Å². The smallest absolute Gasteiger partial charge is 0.317 e. The normalized spacial score (nSPS) is 19.7. The Morgan fingerprint density at radius 1 is 0.833 bits per heavy atom. The fraction of sp³-hybridized carbons (Fsp3) is 0.731. The third-order valence-corrected chi connectivity index (χ3v) is 6.41. The average molecular weight is 416 g/mol. The predicted molar refractivity (Wildman–Crippen MR) is 129 cm³/mol. The molecule has 1 saturated carbocycles. The van der Waals surface area contributed by atoms with E-state index < -0.39 is 0 Å². The molecule has 2 aliphatic rings. The maximum absolute atomic E-state index is 12.5. The zero-order valence-electron chi connectivity index (χ0n) is 20.0. The summed E-state index contributed by atoms with van der Waals surface area (Å²) in [7, 11) is 0. The highest BCUT2D eigenvalue weighted by molar-refractivity contribution is 5.74. The van der Waals surface area contributed by atoms with E-state index in [-0.39, 0.29) is 6.03 Å². The lowest BCUT2D eigenvalue weighted by molar-refractivity contribution is 0.142. The molecule has 2 rings (SSSR count). The second kappa shape index (κ2) is 13.7. The maximum Gasteiger partial charge on any atom is 0.317 e. The first-order chi connectivity index (χ1) is 14.4. The molecule has 4 heteroatoms. The summed E-state index contributed by atoms with van der Waals surface area (Å²) < 4.78 is 0. The van der Waals surface area contributed by atoms with Gasteiger partial charge in [-0.05, 0) is 66.2 Å². The van der Waals surface area contributed by atoms with Gasteiger partial charge in [-0.25, -0.2) is 4.79 Å². The molecule has 1 aliphatic heterocycles. The van der Waals surface area contributed by atoms with E-state index in [0.29, 0.717) is 6.04 Å². The van der Waals surface area contributed by atoms with Crippen LogP contribution >= 0.6 is 0 Å². The quantitative estimate of drug-likeness (QED) is 0.464. The van der Waals surface area contributed by atoms with E-state index in [9.17, 15) is 4.79 Å². The highest BCUT2D eigenvalue weighted by Crippen LogP contribution is 2.18. The summed E-state index contributed by atoms with van der Waals surface area (Å²) in [5.74, 6) is 0. The third-order valence-electron chi connectivity index (χ3n) is 6.41. The van der Waals surface area contributed by atoms with Crippen molar-refractivity contribution in [3.8, 4) is 0 Å². The van der Waals surface area contributed by atoms with Gasteiger partial charge in [-0.1, -0.05) is 54.2 Å². The van der Waals surface area contributed by atoms with Gasteiger partial charge in [-0.3, -0.25) is 4.90 Å². The molecule has 170 valence electrons. The Morgan fingerprint density at radius 2 is 1.43 bits per heavy atom. The Morgan fingerprint density at radius 3 is 2.07 bits per heavy atom. The molecule has 1 N–H and O–H groups in total. The Labute approximate surface area is 185 Å². The third kappa shape index (κ3) is 9.97. The van der Waals surface area contributed by atoms with Gasteiger partial charge >= 0.3 is 6.03 Å². The Hall–Kier alpha value is -1.55. The van der Waals surface area contributed by atoms with E-state index in [2.05, 4.69) is 56.1 Å². The Balaban J connectivity index is 1.61. The van der Waals surface area contributed by atoms with E-state index in [1.54, 1.807) is 0 Å². The summed E-state index contributed by atoms with van der Waals surface area (Å²) in [4.78, 5) is 17.0. The van der Waals surface area contributed by atoms with Crippen LogP contribution in [-0.2, 0) is 0 Å². The lowest BCUT2D eigenvalue weighted by atomic mass is 9.96. The Bertz CT molecular complexity index is 602. The highest BCUT2D eigenvalue weighted by Gasteiger charge is 2.23. The van der Waals surface area contributed by atoms with E-state index in [1.807, 2.05) is 4.90 Å². The summed E-state index contributed by atoms with van der Waals surface area (Å²) in [6.45, 7) is 13.5. The van der Waals surface area contributed by atoms with Crippen LogP contribution in [0.25, 0.3) is 0 Å². The number of allylic oxidation sites excluding steroid dienone is 5. The van der Waals surface area contributed by atoms with E-state index in [1.165, 1.54) is 42.4 Å².